The van der Waals surface area contributed by atoms with Gasteiger partial charge in [-0.2, -0.15) is 5.10 Å². The van der Waals surface area contributed by atoms with Crippen LogP contribution in [0, 0.1) is 6.92 Å². The smallest absolute Gasteiger partial charge is 0.269 e. The predicted octanol–water partition coefficient (Wildman–Crippen LogP) is 1.56. The molecule has 2 atom stereocenters. The van der Waals surface area contributed by atoms with Gasteiger partial charge >= 0.3 is 0 Å². The number of carbonyl (C=O) groups excluding carboxylic acids is 1. The molecule has 108 valence electrons. The van der Waals surface area contributed by atoms with Crippen LogP contribution in [0.3, 0.4) is 0 Å². The molecule has 0 aliphatic carbocycles. The maximum atomic E-state index is 12.1. The first-order valence-corrected chi connectivity index (χ1v) is 6.50. The Morgan fingerprint density at radius 2 is 2.35 bits per heavy atom. The van der Waals surface area contributed by atoms with E-state index in [-0.39, 0.29) is 11.9 Å². The maximum absolute atomic E-state index is 12.1. The molecule has 1 amide bonds. The third-order valence-electron chi connectivity index (χ3n) is 3.06. The number of aryl methyl sites for hydroxylation is 2. The molecule has 2 heterocycles. The lowest BCUT2D eigenvalue weighted by atomic mass is 10.1. The lowest BCUT2D eigenvalue weighted by molar-refractivity contribution is 0.0894. The average molecular weight is 277 g/mol. The van der Waals surface area contributed by atoms with E-state index in [1.54, 1.807) is 29.9 Å². The van der Waals surface area contributed by atoms with Crippen molar-refractivity contribution in [2.45, 2.75) is 32.4 Å². The molecule has 0 saturated carbocycles. The lowest BCUT2D eigenvalue weighted by Crippen LogP contribution is -2.34. The minimum atomic E-state index is -0.728. The minimum absolute atomic E-state index is 0.183. The van der Waals surface area contributed by atoms with Crippen molar-refractivity contribution in [3.8, 4) is 0 Å². The number of nitrogens with one attached hydrogen (secondary N) is 1. The monoisotopic (exact) mass is 277 g/mol. The minimum Gasteiger partial charge on any atom is -0.467 e. The third kappa shape index (κ3) is 3.27. The summed E-state index contributed by atoms with van der Waals surface area (Å²) in [5.74, 6) is 0.301. The molecule has 2 N–H and O–H groups in total. The summed E-state index contributed by atoms with van der Waals surface area (Å²) in [6.45, 7) is 3.67. The fraction of sp³-hybridized carbons (Fsp3) is 0.429. The highest BCUT2D eigenvalue weighted by molar-refractivity contribution is 5.92. The number of nitrogens with zero attached hydrogens (tertiary/aromatic N) is 2. The van der Waals surface area contributed by atoms with Crippen molar-refractivity contribution in [2.24, 2.45) is 7.05 Å². The van der Waals surface area contributed by atoms with Gasteiger partial charge in [0.15, 0.2) is 0 Å². The summed E-state index contributed by atoms with van der Waals surface area (Å²) >= 11 is 0. The summed E-state index contributed by atoms with van der Waals surface area (Å²) in [4.78, 5) is 12.1. The van der Waals surface area contributed by atoms with Gasteiger partial charge in [0.1, 0.15) is 17.6 Å². The van der Waals surface area contributed by atoms with Gasteiger partial charge in [-0.15, -0.1) is 0 Å². The molecule has 0 radical (unpaired) electrons. The van der Waals surface area contributed by atoms with Crippen LogP contribution < -0.4 is 5.32 Å². The predicted molar refractivity (Wildman–Crippen MR) is 73.2 cm³/mol. The van der Waals surface area contributed by atoms with Crippen LogP contribution in [-0.4, -0.2) is 26.8 Å². The Labute approximate surface area is 117 Å². The second kappa shape index (κ2) is 5.92. The molecule has 0 fully saturated rings. The molecule has 0 aliphatic heterocycles. The summed E-state index contributed by atoms with van der Waals surface area (Å²) in [5.41, 5.74) is 1.29. The van der Waals surface area contributed by atoms with E-state index in [0.29, 0.717) is 17.9 Å². The Kier molecular flexibility index (Phi) is 4.24. The van der Waals surface area contributed by atoms with Gasteiger partial charge in [0.05, 0.1) is 12.0 Å². The first-order valence-electron chi connectivity index (χ1n) is 6.50. The van der Waals surface area contributed by atoms with Gasteiger partial charge in [0.2, 0.25) is 0 Å². The number of amides is 1. The van der Waals surface area contributed by atoms with E-state index in [1.165, 1.54) is 6.26 Å². The van der Waals surface area contributed by atoms with Gasteiger partial charge in [-0.1, -0.05) is 0 Å². The van der Waals surface area contributed by atoms with Gasteiger partial charge in [-0.25, -0.2) is 0 Å². The molecule has 0 spiro atoms. The molecule has 6 heteroatoms. The number of hydrogen-bond acceptors (Lipinski definition) is 4. The van der Waals surface area contributed by atoms with E-state index >= 15 is 0 Å². The number of rotatable bonds is 5. The Balaban J connectivity index is 1.93. The Bertz CT molecular complexity index is 575. The molecule has 0 aromatic carbocycles. The van der Waals surface area contributed by atoms with Gasteiger partial charge in [-0.3, -0.25) is 9.48 Å². The van der Waals surface area contributed by atoms with Crippen LogP contribution >= 0.6 is 0 Å². The highest BCUT2D eigenvalue weighted by atomic mass is 16.4. The van der Waals surface area contributed by atoms with Crippen molar-refractivity contribution < 1.29 is 14.3 Å². The normalized spacial score (nSPS) is 14.0. The van der Waals surface area contributed by atoms with Crippen LogP contribution in [0.5, 0.6) is 0 Å². The van der Waals surface area contributed by atoms with Crippen LogP contribution in [0.2, 0.25) is 0 Å². The maximum Gasteiger partial charge on any atom is 0.269 e. The second-order valence-corrected chi connectivity index (χ2v) is 4.94. The van der Waals surface area contributed by atoms with Gasteiger partial charge in [-0.05, 0) is 32.0 Å². The summed E-state index contributed by atoms with van der Waals surface area (Å²) in [6, 6.07) is 4.98. The molecule has 2 rings (SSSR count). The van der Waals surface area contributed by atoms with E-state index in [1.807, 2.05) is 13.8 Å². The summed E-state index contributed by atoms with van der Waals surface area (Å²) in [6.07, 6.45) is 1.17. The number of aliphatic hydroxyl groups excluding tert-OH is 1. The highest BCUT2D eigenvalue weighted by Crippen LogP contribution is 2.18. The van der Waals surface area contributed by atoms with Gasteiger partial charge < -0.3 is 14.8 Å². The second-order valence-electron chi connectivity index (χ2n) is 4.94. The largest absolute Gasteiger partial charge is 0.467 e. The summed E-state index contributed by atoms with van der Waals surface area (Å²) < 4.78 is 6.67. The molecular formula is C14H19N3O3. The van der Waals surface area contributed by atoms with E-state index in [2.05, 4.69) is 10.4 Å². The summed E-state index contributed by atoms with van der Waals surface area (Å²) in [7, 11) is 1.73. The van der Waals surface area contributed by atoms with Crippen molar-refractivity contribution >= 4 is 5.91 Å². The van der Waals surface area contributed by atoms with Crippen LogP contribution in [0.15, 0.2) is 28.9 Å². The quantitative estimate of drug-likeness (QED) is 0.869. The molecule has 0 unspecified atom stereocenters. The molecule has 6 nitrogen and oxygen atoms in total. The zero-order chi connectivity index (χ0) is 14.7. The number of aromatic nitrogens is 2. The number of furan rings is 1. The van der Waals surface area contributed by atoms with Gasteiger partial charge in [0.25, 0.3) is 5.91 Å². The molecule has 2 aromatic heterocycles. The van der Waals surface area contributed by atoms with Crippen molar-refractivity contribution in [3.63, 3.8) is 0 Å². The number of hydrogen-bond donors (Lipinski definition) is 2. The molecule has 0 saturated heterocycles. The molecule has 20 heavy (non-hydrogen) atoms. The standard InChI is InChI=1S/C14H19N3O3/c1-9(8-12(18)13-5-4-6-20-13)15-14(19)11-7-10(2)16-17(11)3/h4-7,9,12,18H,8H2,1-3H3,(H,15,19)/t9-,12+/m1/s1. The summed E-state index contributed by atoms with van der Waals surface area (Å²) in [5, 5.41) is 16.9. The number of carbonyl (C=O) groups is 1. The zero-order valence-electron chi connectivity index (χ0n) is 11.8. The Morgan fingerprint density at radius 1 is 1.60 bits per heavy atom. The SMILES string of the molecule is Cc1cc(C(=O)N[C@H](C)C[C@H](O)c2ccco2)n(C)n1. The Morgan fingerprint density at radius 3 is 2.90 bits per heavy atom. The van der Waals surface area contributed by atoms with Crippen molar-refractivity contribution in [1.82, 2.24) is 15.1 Å². The first-order chi connectivity index (χ1) is 9.47. The lowest BCUT2D eigenvalue weighted by Gasteiger charge is -2.16. The highest BCUT2D eigenvalue weighted by Gasteiger charge is 2.18. The van der Waals surface area contributed by atoms with Crippen LogP contribution in [-0.2, 0) is 7.05 Å². The third-order valence-corrected chi connectivity index (χ3v) is 3.06. The van der Waals surface area contributed by atoms with Crippen LogP contribution in [0.25, 0.3) is 0 Å². The van der Waals surface area contributed by atoms with Crippen LogP contribution in [0.1, 0.15) is 41.4 Å². The topological polar surface area (TPSA) is 80.3 Å². The van der Waals surface area contributed by atoms with Crippen LogP contribution in [0.4, 0.5) is 0 Å². The average Bonchev–Trinajstić information content (AvgIpc) is 2.98. The van der Waals surface area contributed by atoms with E-state index in [0.717, 1.165) is 5.69 Å². The molecular weight excluding hydrogens is 258 g/mol. The fourth-order valence-electron chi connectivity index (χ4n) is 2.11. The fourth-order valence-corrected chi connectivity index (χ4v) is 2.11. The van der Waals surface area contributed by atoms with Crippen molar-refractivity contribution in [2.75, 3.05) is 0 Å². The van der Waals surface area contributed by atoms with E-state index in [9.17, 15) is 9.90 Å². The van der Waals surface area contributed by atoms with Crippen molar-refractivity contribution in [1.29, 1.82) is 0 Å². The molecule has 0 aliphatic rings. The number of aliphatic hydroxyl groups is 1. The van der Waals surface area contributed by atoms with Gasteiger partial charge in [0, 0.05) is 19.5 Å². The van der Waals surface area contributed by atoms with E-state index < -0.39 is 6.10 Å². The molecule has 0 bridgehead atoms. The Hall–Kier alpha value is -2.08. The zero-order valence-corrected chi connectivity index (χ0v) is 11.8. The van der Waals surface area contributed by atoms with Crippen molar-refractivity contribution in [3.05, 3.63) is 41.6 Å². The molecule has 2 aromatic rings. The first kappa shape index (κ1) is 14.3. The van der Waals surface area contributed by atoms with E-state index in [4.69, 9.17) is 4.42 Å².